The molecule has 708 valence electrons. The molecule has 2 unspecified atom stereocenters. The Morgan fingerprint density at radius 3 is 1.06 bits per heavy atom. The maximum atomic E-state index is 15.4. The molecule has 0 spiro atoms. The predicted octanol–water partition coefficient (Wildman–Crippen LogP) is 13.7. The number of rotatable bonds is 22. The molecule has 4 bridgehead atoms. The van der Waals surface area contributed by atoms with Crippen molar-refractivity contribution in [1.29, 1.82) is 0 Å². The van der Waals surface area contributed by atoms with Gasteiger partial charge in [0.05, 0.1) is 59.8 Å². The molecule has 132 heavy (non-hydrogen) atoms. The van der Waals surface area contributed by atoms with Crippen LogP contribution in [0.15, 0.2) is 204 Å². The summed E-state index contributed by atoms with van der Waals surface area (Å²) in [5.41, 5.74) is -11.8. The van der Waals surface area contributed by atoms with Gasteiger partial charge in [0.25, 0.3) is 11.8 Å². The van der Waals surface area contributed by atoms with Crippen LogP contribution in [0.1, 0.15) is 208 Å². The van der Waals surface area contributed by atoms with Gasteiger partial charge in [0, 0.05) is 60.5 Å². The summed E-state index contributed by atoms with van der Waals surface area (Å²) >= 11 is 0. The molecule has 0 radical (unpaired) electrons. The largest absolute Gasteiger partial charge is 0.456 e. The van der Waals surface area contributed by atoms with Crippen LogP contribution in [0.25, 0.3) is 0 Å². The Balaban J connectivity index is 0.000000224. The maximum Gasteiger partial charge on any atom is 0.338 e. The molecule has 2 saturated heterocycles. The summed E-state index contributed by atoms with van der Waals surface area (Å²) in [5.74, 6) is -10.6. The van der Waals surface area contributed by atoms with E-state index >= 15 is 19.2 Å². The van der Waals surface area contributed by atoms with Crippen molar-refractivity contribution in [3.63, 3.8) is 0 Å². The summed E-state index contributed by atoms with van der Waals surface area (Å²) in [7, 11) is -5.76. The van der Waals surface area contributed by atoms with Crippen molar-refractivity contribution in [3.8, 4) is 0 Å². The van der Waals surface area contributed by atoms with E-state index in [9.17, 15) is 54.3 Å². The van der Waals surface area contributed by atoms with Crippen molar-refractivity contribution >= 4 is 75.8 Å². The fourth-order valence-corrected chi connectivity index (χ4v) is 23.8. The van der Waals surface area contributed by atoms with E-state index in [0.717, 1.165) is 0 Å². The fourth-order valence-electron chi connectivity index (χ4n) is 21.4. The van der Waals surface area contributed by atoms with Crippen LogP contribution >= 0.6 is 0 Å². The number of hydrogen-bond acceptors (Lipinski definition) is 25. The molecule has 27 nitrogen and oxygen atoms in total. The minimum atomic E-state index is -2.89. The van der Waals surface area contributed by atoms with Crippen LogP contribution in [-0.4, -0.2) is 204 Å². The number of aliphatic hydroxyl groups is 5. The number of benzene rings is 6. The lowest BCUT2D eigenvalue weighted by molar-refractivity contribution is -0.346. The Labute approximate surface area is 774 Å². The third-order valence-electron chi connectivity index (χ3n) is 31.3. The van der Waals surface area contributed by atoms with E-state index in [1.807, 2.05) is 80.7 Å². The average Bonchev–Trinajstić information content (AvgIpc) is 0.671. The van der Waals surface area contributed by atoms with Gasteiger partial charge in [0.2, 0.25) is 0 Å². The Hall–Kier alpha value is -10.0. The molecule has 2 heterocycles. The van der Waals surface area contributed by atoms with Gasteiger partial charge >= 0.3 is 35.8 Å². The molecular formula is C103H128N2O25Si2. The molecule has 6 aromatic rings. The summed E-state index contributed by atoms with van der Waals surface area (Å²) in [6, 6.07) is 49.1. The summed E-state index contributed by atoms with van der Waals surface area (Å²) in [4.78, 5) is 144. The quantitative estimate of drug-likeness (QED) is 0.0144. The summed E-state index contributed by atoms with van der Waals surface area (Å²) in [6.45, 7) is 36.7. The Morgan fingerprint density at radius 2 is 0.750 bits per heavy atom. The maximum absolute atomic E-state index is 15.4. The number of esters is 6. The van der Waals surface area contributed by atoms with Crippen LogP contribution in [0.4, 0.5) is 0 Å². The lowest BCUT2D eigenvalue weighted by atomic mass is 9.43. The fraction of sp³-hybridized carbons (Fsp3) is 0.515. The first-order chi connectivity index (χ1) is 61.6. The molecule has 0 aromatic heterocycles. The van der Waals surface area contributed by atoms with Crippen LogP contribution in [0, 0.1) is 39.4 Å². The molecule has 29 heteroatoms. The summed E-state index contributed by atoms with van der Waals surface area (Å²) < 4.78 is 64.4. The second kappa shape index (κ2) is 36.6. The predicted molar refractivity (Wildman–Crippen MR) is 492 cm³/mol. The highest BCUT2D eigenvalue weighted by Gasteiger charge is 2.80. The molecule has 22 atom stereocenters. The summed E-state index contributed by atoms with van der Waals surface area (Å²) in [5, 5.41) is 70.1. The van der Waals surface area contributed by atoms with Gasteiger partial charge < -0.3 is 82.9 Å². The SMILES string of the molecule is CC(=O)O[C@@]12COC1C[C@H](C)[C@@]1(C)C(=O)[C@H](O)C3=C(C)[C@@H](OC(=O)[C@H](O[Si](C)(C)C(C)(C)C)[C@@H](NC(=O)c4ccccc4)c4ccccc4)C[C@@](O)([C@@H](OC(=O)c4ccccc4)[C@@H]12)C3(C)C.CC(=O)O[C@@]12COC1C[C@H](O)[C@@]1(C)C(=O)[C@H](O)C3=C(C)[C@@H](OC(=O)[C@H](O[Si](C)(C)C(C)(C)C)[C@@H](NC(=O)c4ccccc4)c4ccccc4)C[C@@](O)([C@@H](OC(=O)c4ccccc4)[C@@H]12)C3(C)C. The smallest absolute Gasteiger partial charge is 0.338 e. The standard InChI is InChI=1S/C52H65NO12Si.C51H63NO13Si/c1-30-27-37-51(29-61-37,64-32(3)54)42-44(63-46(58)35-25-19-14-20-26-35)52(60)28-36(31(2)38(49(52,7)8)40(55)43(56)50(30,42)9)62-47(59)41(65-66(10,11)48(4,5)6)39(33-21-15-12-16-22-33)53-45(57)34-23-17-13-18-24-34;1-29-34(62-46(59)40(65-66(9,10)47(3,4)5)38(31-20-14-11-15-21-31)52-44(57)32-22-16-12-17-23-32)27-51(60)43(63-45(58)33-24-18-13-19-25-33)41-49(8,42(56)39(55)37(29)48(51,6)7)35(54)26-36-50(41,28-61-36)64-30(2)53/h12-26,30,36-37,39-42,44,55,60H,27-29H2,1-11H3,(H,53,57);11-25,34-36,38-41,43,54-55,60H,26-28H2,1-10H3,(H,52,57)/t30-,36-,37?,39-,40+,41+,42-,44-,50+,51-,52+;34-,35-,36?,38-,39+,40+,41-,43-,49+,50-,51+/m00/s1. The molecule has 14 rings (SSSR count). The van der Waals surface area contributed by atoms with Gasteiger partial charge in [0.15, 0.2) is 51.6 Å². The number of fused-ring (bicyclic) bond motifs is 10. The molecule has 8 aliphatic rings. The second-order valence-electron chi connectivity index (χ2n) is 41.6. The number of hydrogen-bond donors (Lipinski definition) is 7. The topological polar surface area (TPSA) is 388 Å². The van der Waals surface area contributed by atoms with Gasteiger partial charge in [-0.1, -0.05) is 217 Å². The number of carbonyl (C=O) groups excluding carboxylic acids is 10. The number of amides is 2. The van der Waals surface area contributed by atoms with Crippen LogP contribution in [0.2, 0.25) is 36.3 Å². The molecule has 2 aliphatic heterocycles. The Morgan fingerprint density at radius 1 is 0.447 bits per heavy atom. The third kappa shape index (κ3) is 17.4. The van der Waals surface area contributed by atoms with Gasteiger partial charge in [-0.15, -0.1) is 0 Å². The highest BCUT2D eigenvalue weighted by atomic mass is 28.4. The zero-order valence-electron chi connectivity index (χ0n) is 79.2. The first kappa shape index (κ1) is 99.5. The van der Waals surface area contributed by atoms with Gasteiger partial charge in [-0.3, -0.25) is 28.8 Å². The first-order valence-electron chi connectivity index (χ1n) is 45.4. The minimum absolute atomic E-state index is 0.000871. The number of ketones is 2. The highest BCUT2D eigenvalue weighted by Crippen LogP contribution is 2.68. The third-order valence-corrected chi connectivity index (χ3v) is 40.2. The van der Waals surface area contributed by atoms with Crippen molar-refractivity contribution < 1.29 is 120 Å². The van der Waals surface area contributed by atoms with Crippen LogP contribution in [-0.2, 0) is 75.5 Å². The molecule has 6 aliphatic carbocycles. The van der Waals surface area contributed by atoms with E-state index in [0.29, 0.717) is 27.8 Å². The number of Topliss-reactive ketones (excluding diaryl/α,β-unsaturated/α-hetero) is 2. The molecule has 4 saturated carbocycles. The van der Waals surface area contributed by atoms with Gasteiger partial charge in [-0.05, 0) is 151 Å². The Kier molecular flexibility index (Phi) is 27.6. The Bertz CT molecular complexity index is 5100. The molecular weight excluding hydrogens is 1720 g/mol. The van der Waals surface area contributed by atoms with Crippen molar-refractivity contribution in [2.24, 2.45) is 39.4 Å². The highest BCUT2D eigenvalue weighted by molar-refractivity contribution is 6.74. The second-order valence-corrected chi connectivity index (χ2v) is 51.1. The number of carbonyl (C=O) groups is 10. The van der Waals surface area contributed by atoms with Crippen molar-refractivity contribution in [2.75, 3.05) is 13.2 Å². The monoisotopic (exact) mass is 1850 g/mol. The first-order valence-corrected chi connectivity index (χ1v) is 51.2. The van der Waals surface area contributed by atoms with Crippen molar-refractivity contribution in [1.82, 2.24) is 10.6 Å². The van der Waals surface area contributed by atoms with Crippen LogP contribution in [0.3, 0.4) is 0 Å². The normalized spacial score (nSPS) is 31.3. The lowest BCUT2D eigenvalue weighted by Crippen LogP contribution is -2.81. The van der Waals surface area contributed by atoms with Crippen LogP contribution in [0.5, 0.6) is 0 Å². The van der Waals surface area contributed by atoms with Crippen molar-refractivity contribution in [3.05, 3.63) is 238 Å². The zero-order chi connectivity index (χ0) is 96.7. The van der Waals surface area contributed by atoms with E-state index in [1.54, 1.807) is 212 Å². The number of ether oxygens (including phenoxy) is 8. The molecule has 6 aromatic carbocycles. The van der Waals surface area contributed by atoms with Gasteiger partial charge in [-0.25, -0.2) is 19.2 Å². The van der Waals surface area contributed by atoms with E-state index in [-0.39, 0.29) is 60.3 Å². The molecule has 2 amide bonds. The molecule has 7 N–H and O–H groups in total. The van der Waals surface area contributed by atoms with E-state index in [2.05, 4.69) is 10.6 Å². The van der Waals surface area contributed by atoms with Gasteiger partial charge in [-0.2, -0.15) is 0 Å². The van der Waals surface area contributed by atoms with Crippen LogP contribution < -0.4 is 10.6 Å². The molecule has 6 fully saturated rings. The van der Waals surface area contributed by atoms with Crippen molar-refractivity contribution in [2.45, 2.75) is 281 Å². The summed E-state index contributed by atoms with van der Waals surface area (Å²) in [6.07, 6.45) is -16.8. The minimum Gasteiger partial charge on any atom is -0.456 e. The van der Waals surface area contributed by atoms with E-state index in [1.165, 1.54) is 32.9 Å². The number of aliphatic hydroxyl groups excluding tert-OH is 3. The van der Waals surface area contributed by atoms with E-state index < -0.39 is 233 Å². The van der Waals surface area contributed by atoms with Gasteiger partial charge in [0.1, 0.15) is 60.0 Å². The van der Waals surface area contributed by atoms with E-state index in [4.69, 9.17) is 46.7 Å². The average molecular weight is 1850 g/mol. The number of nitrogens with one attached hydrogen (secondary N) is 2. The lowest BCUT2D eigenvalue weighted by Gasteiger charge is -2.68. The zero-order valence-corrected chi connectivity index (χ0v) is 81.2.